The number of nitrogens with zero attached hydrogens (tertiary/aromatic N) is 1. The van der Waals surface area contributed by atoms with E-state index in [0.29, 0.717) is 27.6 Å². The number of carbonyl (C=O) groups is 1. The number of halogens is 2. The van der Waals surface area contributed by atoms with Gasteiger partial charge in [-0.3, -0.25) is 9.69 Å². The van der Waals surface area contributed by atoms with Gasteiger partial charge in [0.1, 0.15) is 16.5 Å². The second-order valence-electron chi connectivity index (χ2n) is 7.93. The van der Waals surface area contributed by atoms with E-state index in [9.17, 15) is 4.79 Å². The second kappa shape index (κ2) is 7.61. The van der Waals surface area contributed by atoms with Crippen LogP contribution in [0.25, 0.3) is 11.3 Å². The van der Waals surface area contributed by atoms with Crippen molar-refractivity contribution in [2.45, 2.75) is 39.0 Å². The highest BCUT2D eigenvalue weighted by Crippen LogP contribution is 2.41. The summed E-state index contributed by atoms with van der Waals surface area (Å²) in [7, 11) is 0. The zero-order valence-electron chi connectivity index (χ0n) is 16.6. The minimum atomic E-state index is -0.422. The van der Waals surface area contributed by atoms with Gasteiger partial charge >= 0.3 is 0 Å². The number of hydrogen-bond donors (Lipinski definition) is 2. The highest BCUT2D eigenvalue weighted by atomic mass is 35.5. The molecule has 0 radical (unpaired) electrons. The molecule has 2 aromatic heterocycles. The molecule has 0 fully saturated rings. The summed E-state index contributed by atoms with van der Waals surface area (Å²) >= 11 is 13.9. The average Bonchev–Trinajstić information content (AvgIpc) is 3.31. The van der Waals surface area contributed by atoms with Crippen molar-refractivity contribution in [3.8, 4) is 11.3 Å². The fraction of sp³-hybridized carbons (Fsp3) is 0.318. The molecule has 3 aromatic rings. The van der Waals surface area contributed by atoms with Gasteiger partial charge in [-0.2, -0.15) is 0 Å². The first-order valence-electron chi connectivity index (χ1n) is 9.91. The van der Waals surface area contributed by atoms with Gasteiger partial charge in [-0.25, -0.2) is 0 Å². The molecule has 0 spiro atoms. The van der Waals surface area contributed by atoms with Crippen molar-refractivity contribution < 1.29 is 9.21 Å². The van der Waals surface area contributed by atoms with E-state index in [1.807, 2.05) is 12.1 Å². The zero-order chi connectivity index (χ0) is 21.0. The van der Waals surface area contributed by atoms with Crippen LogP contribution in [0.5, 0.6) is 0 Å². The van der Waals surface area contributed by atoms with Gasteiger partial charge in [0.15, 0.2) is 6.17 Å². The van der Waals surface area contributed by atoms with Crippen LogP contribution in [-0.4, -0.2) is 23.4 Å². The van der Waals surface area contributed by atoms with Crippen LogP contribution >= 0.6 is 34.5 Å². The lowest BCUT2D eigenvalue weighted by Gasteiger charge is -2.30. The molecule has 1 amide bonds. The molecule has 4 heterocycles. The number of furan rings is 1. The molecule has 0 aliphatic carbocycles. The summed E-state index contributed by atoms with van der Waals surface area (Å²) in [6, 6.07) is 9.50. The molecule has 2 aliphatic rings. The number of amides is 1. The van der Waals surface area contributed by atoms with Crippen molar-refractivity contribution in [1.82, 2.24) is 10.2 Å². The lowest BCUT2D eigenvalue weighted by Crippen LogP contribution is -2.39. The number of hydrogen-bond acceptors (Lipinski definition) is 5. The number of nitrogens with one attached hydrogen (secondary N) is 2. The van der Waals surface area contributed by atoms with Crippen LogP contribution in [-0.2, 0) is 13.0 Å². The van der Waals surface area contributed by atoms with Crippen LogP contribution in [0, 0.1) is 0 Å². The number of benzene rings is 1. The van der Waals surface area contributed by atoms with Gasteiger partial charge < -0.3 is 15.1 Å². The summed E-state index contributed by atoms with van der Waals surface area (Å²) in [6.45, 7) is 6.29. The summed E-state index contributed by atoms with van der Waals surface area (Å²) in [5.41, 5.74) is 2.77. The fourth-order valence-corrected chi connectivity index (χ4v) is 5.90. The second-order valence-corrected chi connectivity index (χ2v) is 9.91. The van der Waals surface area contributed by atoms with Crippen molar-refractivity contribution in [1.29, 1.82) is 0 Å². The molecule has 0 bridgehead atoms. The third-order valence-corrected chi connectivity index (χ3v) is 7.24. The van der Waals surface area contributed by atoms with E-state index in [2.05, 4.69) is 29.4 Å². The van der Waals surface area contributed by atoms with Gasteiger partial charge in [0.05, 0.1) is 5.56 Å². The molecule has 0 saturated carbocycles. The van der Waals surface area contributed by atoms with Crippen LogP contribution < -0.4 is 10.6 Å². The van der Waals surface area contributed by atoms with E-state index in [1.54, 1.807) is 29.5 Å². The first-order valence-corrected chi connectivity index (χ1v) is 11.5. The minimum Gasteiger partial charge on any atom is -0.457 e. The zero-order valence-corrected chi connectivity index (χ0v) is 18.9. The van der Waals surface area contributed by atoms with E-state index < -0.39 is 6.17 Å². The first kappa shape index (κ1) is 19.9. The molecule has 2 aliphatic heterocycles. The smallest absolute Gasteiger partial charge is 0.256 e. The largest absolute Gasteiger partial charge is 0.457 e. The number of anilines is 1. The lowest BCUT2D eigenvalue weighted by atomic mass is 10.0. The number of thiophene rings is 1. The fourth-order valence-electron chi connectivity index (χ4n) is 4.08. The molecule has 1 aromatic carbocycles. The Kier molecular flexibility index (Phi) is 5.06. The molecular formula is C22H21Cl2N3O2S. The lowest BCUT2D eigenvalue weighted by molar-refractivity contribution is 0.0930. The average molecular weight is 462 g/mol. The third-order valence-electron chi connectivity index (χ3n) is 5.65. The molecule has 5 nitrogen and oxygen atoms in total. The summed E-state index contributed by atoms with van der Waals surface area (Å²) in [6.07, 6.45) is 0.481. The summed E-state index contributed by atoms with van der Waals surface area (Å²) in [5.74, 6) is 1.23. The van der Waals surface area contributed by atoms with Crippen molar-refractivity contribution >= 4 is 45.4 Å². The maximum atomic E-state index is 12.9. The third kappa shape index (κ3) is 3.52. The number of fused-ring (bicyclic) bond motifs is 3. The van der Waals surface area contributed by atoms with Crippen LogP contribution in [0.3, 0.4) is 0 Å². The Morgan fingerprint density at radius 3 is 2.67 bits per heavy atom. The summed E-state index contributed by atoms with van der Waals surface area (Å²) in [5, 5.41) is 8.51. The van der Waals surface area contributed by atoms with Crippen LogP contribution in [0.15, 0.2) is 34.7 Å². The van der Waals surface area contributed by atoms with Gasteiger partial charge in [0.2, 0.25) is 0 Å². The van der Waals surface area contributed by atoms with E-state index in [4.69, 9.17) is 27.6 Å². The Hall–Kier alpha value is -1.99. The van der Waals surface area contributed by atoms with E-state index >= 15 is 0 Å². The topological polar surface area (TPSA) is 57.5 Å². The van der Waals surface area contributed by atoms with E-state index in [0.717, 1.165) is 35.6 Å². The molecule has 2 N–H and O–H groups in total. The highest BCUT2D eigenvalue weighted by molar-refractivity contribution is 7.16. The Labute approximate surface area is 189 Å². The quantitative estimate of drug-likeness (QED) is 0.506. The molecule has 8 heteroatoms. The number of rotatable bonds is 3. The Morgan fingerprint density at radius 2 is 1.93 bits per heavy atom. The SMILES string of the molecule is CC(C)N1CCc2c(sc3c2C(=O)NC(c2ccc(-c4cc(Cl)cc(Cl)c4)o2)N3)C1. The van der Waals surface area contributed by atoms with Gasteiger partial charge in [-0.15, -0.1) is 11.3 Å². The minimum absolute atomic E-state index is 0.0482. The molecule has 1 unspecified atom stereocenters. The Morgan fingerprint density at radius 1 is 1.17 bits per heavy atom. The van der Waals surface area contributed by atoms with Gasteiger partial charge in [-0.05, 0) is 56.2 Å². The number of carbonyl (C=O) groups excluding carboxylic acids is 1. The molecule has 5 rings (SSSR count). The van der Waals surface area contributed by atoms with Crippen LogP contribution in [0.4, 0.5) is 5.00 Å². The van der Waals surface area contributed by atoms with E-state index in [1.165, 1.54) is 10.4 Å². The predicted molar refractivity (Wildman–Crippen MR) is 122 cm³/mol. The molecule has 1 atom stereocenters. The standard InChI is InChI=1S/C22H21Cl2N3O2S/c1-11(2)27-6-5-15-18(10-27)30-22-19(15)21(28)25-20(26-22)17-4-3-16(29-17)12-7-13(23)9-14(24)8-12/h3-4,7-9,11,20,26H,5-6,10H2,1-2H3,(H,25,28). The van der Waals surface area contributed by atoms with Gasteiger partial charge in [0, 0.05) is 39.6 Å². The van der Waals surface area contributed by atoms with Crippen LogP contribution in [0.1, 0.15) is 46.6 Å². The maximum Gasteiger partial charge on any atom is 0.256 e. The van der Waals surface area contributed by atoms with Crippen molar-refractivity contribution in [3.63, 3.8) is 0 Å². The van der Waals surface area contributed by atoms with Crippen LogP contribution in [0.2, 0.25) is 10.0 Å². The van der Waals surface area contributed by atoms with Gasteiger partial charge in [-0.1, -0.05) is 23.2 Å². The van der Waals surface area contributed by atoms with Crippen molar-refractivity contribution in [2.24, 2.45) is 0 Å². The van der Waals surface area contributed by atoms with Crippen molar-refractivity contribution in [2.75, 3.05) is 11.9 Å². The molecular weight excluding hydrogens is 441 g/mol. The molecule has 156 valence electrons. The normalized spacial score (nSPS) is 18.7. The highest BCUT2D eigenvalue weighted by Gasteiger charge is 2.34. The molecule has 0 saturated heterocycles. The van der Waals surface area contributed by atoms with E-state index in [-0.39, 0.29) is 5.91 Å². The van der Waals surface area contributed by atoms with Gasteiger partial charge in [0.25, 0.3) is 5.91 Å². The predicted octanol–water partition coefficient (Wildman–Crippen LogP) is 5.94. The maximum absolute atomic E-state index is 12.9. The Bertz CT molecular complexity index is 1120. The monoisotopic (exact) mass is 461 g/mol. The first-order chi connectivity index (χ1) is 14.4. The molecule has 30 heavy (non-hydrogen) atoms. The van der Waals surface area contributed by atoms with Crippen molar-refractivity contribution in [3.05, 3.63) is 62.1 Å². The Balaban J connectivity index is 1.42. The summed E-state index contributed by atoms with van der Waals surface area (Å²) in [4.78, 5) is 16.7. The summed E-state index contributed by atoms with van der Waals surface area (Å²) < 4.78 is 6.03.